The van der Waals surface area contributed by atoms with Gasteiger partial charge in [0.15, 0.2) is 0 Å². The lowest BCUT2D eigenvalue weighted by Gasteiger charge is -2.33. The molecule has 0 aliphatic carbocycles. The van der Waals surface area contributed by atoms with Crippen LogP contribution < -0.4 is 10.5 Å². The van der Waals surface area contributed by atoms with Gasteiger partial charge in [-0.05, 0) is 30.7 Å². The molecule has 1 aromatic carbocycles. The van der Waals surface area contributed by atoms with Crippen LogP contribution in [0.1, 0.15) is 13.3 Å². The first-order chi connectivity index (χ1) is 10.0. The first kappa shape index (κ1) is 16.1. The third-order valence-corrected chi connectivity index (χ3v) is 5.37. The van der Waals surface area contributed by atoms with Crippen molar-refractivity contribution >= 4 is 15.7 Å². The molecule has 7 heteroatoms. The quantitative estimate of drug-likeness (QED) is 0.795. The number of nitrogens with two attached hydrogens (primary N) is 1. The number of rotatable bonds is 6. The van der Waals surface area contributed by atoms with Crippen LogP contribution in [0.4, 0.5) is 5.69 Å². The Morgan fingerprint density at radius 3 is 2.76 bits per heavy atom. The van der Waals surface area contributed by atoms with Crippen molar-refractivity contribution in [2.45, 2.75) is 19.4 Å². The Morgan fingerprint density at radius 2 is 2.10 bits per heavy atom. The Labute approximate surface area is 125 Å². The molecule has 0 aromatic heterocycles. The van der Waals surface area contributed by atoms with Gasteiger partial charge in [-0.3, -0.25) is 0 Å². The second kappa shape index (κ2) is 7.11. The lowest BCUT2D eigenvalue weighted by molar-refractivity contribution is 0.0313. The number of hydrogen-bond donors (Lipinski definition) is 1. The number of sulfonamides is 1. The number of hydrogen-bond acceptors (Lipinski definition) is 5. The van der Waals surface area contributed by atoms with E-state index in [1.807, 2.05) is 6.92 Å². The van der Waals surface area contributed by atoms with E-state index >= 15 is 0 Å². The van der Waals surface area contributed by atoms with Crippen molar-refractivity contribution in [2.24, 2.45) is 0 Å². The Kier molecular flexibility index (Phi) is 5.44. The third kappa shape index (κ3) is 4.33. The van der Waals surface area contributed by atoms with Crippen LogP contribution in [0.15, 0.2) is 24.3 Å². The molecular formula is C14H22N2O4S. The zero-order valence-electron chi connectivity index (χ0n) is 12.2. The molecule has 1 heterocycles. The number of nitrogens with zero attached hydrogens (tertiary/aromatic N) is 1. The minimum absolute atomic E-state index is 0.0339. The summed E-state index contributed by atoms with van der Waals surface area (Å²) < 4.78 is 37.1. The molecule has 6 nitrogen and oxygen atoms in total. The van der Waals surface area contributed by atoms with E-state index in [1.54, 1.807) is 28.6 Å². The predicted molar refractivity (Wildman–Crippen MR) is 81.7 cm³/mol. The summed E-state index contributed by atoms with van der Waals surface area (Å²) in [6.07, 6.45) is 0.748. The molecule has 1 aliphatic rings. The summed E-state index contributed by atoms with van der Waals surface area (Å²) in [5.74, 6) is 0.585. The van der Waals surface area contributed by atoms with E-state index in [4.69, 9.17) is 15.2 Å². The normalized spacial score (nSPS) is 20.3. The summed E-state index contributed by atoms with van der Waals surface area (Å²) in [5.41, 5.74) is 6.23. The van der Waals surface area contributed by atoms with Crippen molar-refractivity contribution in [1.82, 2.24) is 4.31 Å². The zero-order valence-corrected chi connectivity index (χ0v) is 13.0. The molecule has 21 heavy (non-hydrogen) atoms. The fourth-order valence-electron chi connectivity index (χ4n) is 2.27. The van der Waals surface area contributed by atoms with Crippen LogP contribution in [-0.2, 0) is 14.8 Å². The Hall–Kier alpha value is -1.31. The highest BCUT2D eigenvalue weighted by atomic mass is 32.2. The molecule has 118 valence electrons. The zero-order chi connectivity index (χ0) is 15.3. The van der Waals surface area contributed by atoms with E-state index in [0.29, 0.717) is 31.2 Å². The van der Waals surface area contributed by atoms with E-state index in [1.165, 1.54) is 0 Å². The molecular weight excluding hydrogens is 292 g/mol. The molecule has 0 radical (unpaired) electrons. The molecule has 1 aromatic rings. The van der Waals surface area contributed by atoms with Crippen LogP contribution in [-0.4, -0.2) is 50.9 Å². The van der Waals surface area contributed by atoms with Crippen LogP contribution in [0.25, 0.3) is 0 Å². The van der Waals surface area contributed by atoms with Crippen molar-refractivity contribution < 1.29 is 17.9 Å². The van der Waals surface area contributed by atoms with Crippen molar-refractivity contribution in [1.29, 1.82) is 0 Å². The van der Waals surface area contributed by atoms with E-state index in [-0.39, 0.29) is 18.4 Å². The molecule has 2 rings (SSSR count). The van der Waals surface area contributed by atoms with E-state index in [2.05, 4.69) is 0 Å². The lowest BCUT2D eigenvalue weighted by Crippen LogP contribution is -2.49. The van der Waals surface area contributed by atoms with Crippen LogP contribution in [0.3, 0.4) is 0 Å². The SMILES string of the molecule is CCC1COCCN1S(=O)(=O)CCOc1ccc(N)cc1. The average Bonchev–Trinajstić information content (AvgIpc) is 2.49. The smallest absolute Gasteiger partial charge is 0.217 e. The first-order valence-corrected chi connectivity index (χ1v) is 8.69. The van der Waals surface area contributed by atoms with Gasteiger partial charge in [-0.2, -0.15) is 4.31 Å². The fourth-order valence-corrected chi connectivity index (χ4v) is 3.82. The molecule has 1 unspecified atom stereocenters. The van der Waals surface area contributed by atoms with E-state index < -0.39 is 10.0 Å². The van der Waals surface area contributed by atoms with Gasteiger partial charge in [0.05, 0.1) is 19.0 Å². The molecule has 1 atom stereocenters. The van der Waals surface area contributed by atoms with Crippen LogP contribution in [0, 0.1) is 0 Å². The van der Waals surface area contributed by atoms with Gasteiger partial charge in [-0.1, -0.05) is 6.92 Å². The number of morpholine rings is 1. The van der Waals surface area contributed by atoms with Gasteiger partial charge in [0.1, 0.15) is 12.4 Å². The predicted octanol–water partition coefficient (Wildman–Crippen LogP) is 1.09. The Bertz CT molecular complexity index is 545. The van der Waals surface area contributed by atoms with Crippen molar-refractivity contribution in [3.05, 3.63) is 24.3 Å². The van der Waals surface area contributed by atoms with Crippen LogP contribution in [0.5, 0.6) is 5.75 Å². The molecule has 1 saturated heterocycles. The Morgan fingerprint density at radius 1 is 1.38 bits per heavy atom. The van der Waals surface area contributed by atoms with Gasteiger partial charge in [0.25, 0.3) is 0 Å². The van der Waals surface area contributed by atoms with E-state index in [0.717, 1.165) is 6.42 Å². The Balaban J connectivity index is 1.90. The maximum Gasteiger partial charge on any atom is 0.217 e. The van der Waals surface area contributed by atoms with Gasteiger partial charge < -0.3 is 15.2 Å². The molecule has 1 aliphatic heterocycles. The molecule has 1 fully saturated rings. The summed E-state index contributed by atoms with van der Waals surface area (Å²) >= 11 is 0. The van der Waals surface area contributed by atoms with Crippen LogP contribution >= 0.6 is 0 Å². The second-order valence-corrected chi connectivity index (χ2v) is 7.02. The van der Waals surface area contributed by atoms with Crippen molar-refractivity contribution in [3.63, 3.8) is 0 Å². The number of anilines is 1. The van der Waals surface area contributed by atoms with Gasteiger partial charge in [-0.25, -0.2) is 8.42 Å². The minimum Gasteiger partial charge on any atom is -0.492 e. The van der Waals surface area contributed by atoms with Gasteiger partial charge in [0.2, 0.25) is 10.0 Å². The average molecular weight is 314 g/mol. The number of benzene rings is 1. The summed E-state index contributed by atoms with van der Waals surface area (Å²) in [7, 11) is -3.32. The minimum atomic E-state index is -3.32. The maximum atomic E-state index is 12.4. The summed E-state index contributed by atoms with van der Waals surface area (Å²) in [4.78, 5) is 0. The number of nitrogen functional groups attached to an aromatic ring is 1. The topological polar surface area (TPSA) is 81.9 Å². The highest BCUT2D eigenvalue weighted by molar-refractivity contribution is 7.89. The molecule has 0 amide bonds. The summed E-state index contributed by atoms with van der Waals surface area (Å²) in [6.45, 7) is 3.43. The largest absolute Gasteiger partial charge is 0.492 e. The molecule has 0 spiro atoms. The highest BCUT2D eigenvalue weighted by Crippen LogP contribution is 2.17. The van der Waals surface area contributed by atoms with Crippen molar-refractivity contribution in [2.75, 3.05) is 37.9 Å². The van der Waals surface area contributed by atoms with Crippen molar-refractivity contribution in [3.8, 4) is 5.75 Å². The molecule has 2 N–H and O–H groups in total. The monoisotopic (exact) mass is 314 g/mol. The second-order valence-electron chi connectivity index (χ2n) is 4.98. The molecule has 0 bridgehead atoms. The highest BCUT2D eigenvalue weighted by Gasteiger charge is 2.31. The first-order valence-electron chi connectivity index (χ1n) is 7.08. The lowest BCUT2D eigenvalue weighted by atomic mass is 10.2. The summed E-state index contributed by atoms with van der Waals surface area (Å²) in [6, 6.07) is 6.83. The standard InChI is InChI=1S/C14H22N2O4S/c1-2-13-11-19-8-7-16(13)21(17,18)10-9-20-14-5-3-12(15)4-6-14/h3-6,13H,2,7-11,15H2,1H3. The van der Waals surface area contributed by atoms with E-state index in [9.17, 15) is 8.42 Å². The van der Waals surface area contributed by atoms with Gasteiger partial charge in [-0.15, -0.1) is 0 Å². The van der Waals surface area contributed by atoms with Gasteiger partial charge >= 0.3 is 0 Å². The number of ether oxygens (including phenoxy) is 2. The maximum absolute atomic E-state index is 12.4. The molecule has 0 saturated carbocycles. The third-order valence-electron chi connectivity index (χ3n) is 3.49. The fraction of sp³-hybridized carbons (Fsp3) is 0.571. The van der Waals surface area contributed by atoms with Crippen LogP contribution in [0.2, 0.25) is 0 Å². The summed E-state index contributed by atoms with van der Waals surface area (Å²) in [5, 5.41) is 0. The van der Waals surface area contributed by atoms with Gasteiger partial charge in [0, 0.05) is 18.3 Å².